The van der Waals surface area contributed by atoms with Crippen LogP contribution in [-0.4, -0.2) is 34.1 Å². The standard InChI is InChI=1S/C25H24F2N6/c1-15-10-17(28)14-33(13-15)22-8-9-29-12-21(22)31-20-7-2-4-16-11-30-25(32-24(16)20)23-18(26)5-3-6-19(23)27/h2-9,11-12,15,17,31H,10,13-14,28H2,1H3/t15-,17+/m1/s1. The monoisotopic (exact) mass is 446 g/mol. The number of para-hydroxylation sites is 1. The molecule has 0 bridgehead atoms. The van der Waals surface area contributed by atoms with Gasteiger partial charge in [0.25, 0.3) is 0 Å². The quantitative estimate of drug-likeness (QED) is 0.465. The highest BCUT2D eigenvalue weighted by Crippen LogP contribution is 2.34. The Morgan fingerprint density at radius 3 is 2.58 bits per heavy atom. The van der Waals surface area contributed by atoms with Gasteiger partial charge in [-0.05, 0) is 36.6 Å². The van der Waals surface area contributed by atoms with Gasteiger partial charge in [0.15, 0.2) is 5.82 Å². The zero-order valence-corrected chi connectivity index (χ0v) is 18.2. The predicted octanol–water partition coefficient (Wildman–Crippen LogP) is 4.89. The molecule has 2 aromatic carbocycles. The van der Waals surface area contributed by atoms with E-state index in [0.29, 0.717) is 17.1 Å². The lowest BCUT2D eigenvalue weighted by atomic mass is 9.96. The summed E-state index contributed by atoms with van der Waals surface area (Å²) in [6.07, 6.45) is 6.09. The van der Waals surface area contributed by atoms with Gasteiger partial charge in [-0.25, -0.2) is 18.7 Å². The number of aromatic nitrogens is 3. The first-order valence-corrected chi connectivity index (χ1v) is 10.9. The summed E-state index contributed by atoms with van der Waals surface area (Å²) in [4.78, 5) is 15.3. The van der Waals surface area contributed by atoms with Crippen LogP contribution in [0.2, 0.25) is 0 Å². The molecule has 1 aliphatic heterocycles. The number of hydrogen-bond acceptors (Lipinski definition) is 6. The fraction of sp³-hybridized carbons (Fsp3) is 0.240. The van der Waals surface area contributed by atoms with E-state index in [0.717, 1.165) is 36.3 Å². The molecule has 4 aromatic rings. The number of halogens is 2. The maximum Gasteiger partial charge on any atom is 0.165 e. The minimum absolute atomic E-state index is 0.00501. The second kappa shape index (κ2) is 8.71. The van der Waals surface area contributed by atoms with Gasteiger partial charge in [-0.1, -0.05) is 25.1 Å². The number of nitrogens with one attached hydrogen (secondary N) is 1. The van der Waals surface area contributed by atoms with Crippen LogP contribution in [0.4, 0.5) is 25.8 Å². The predicted molar refractivity (Wildman–Crippen MR) is 126 cm³/mol. The van der Waals surface area contributed by atoms with Gasteiger partial charge in [0.2, 0.25) is 0 Å². The van der Waals surface area contributed by atoms with Crippen molar-refractivity contribution < 1.29 is 8.78 Å². The van der Waals surface area contributed by atoms with Crippen molar-refractivity contribution in [1.29, 1.82) is 0 Å². The lowest BCUT2D eigenvalue weighted by Gasteiger charge is -2.37. The van der Waals surface area contributed by atoms with Gasteiger partial charge in [-0.3, -0.25) is 4.98 Å². The molecule has 0 amide bonds. The smallest absolute Gasteiger partial charge is 0.165 e. The Balaban J connectivity index is 1.56. The van der Waals surface area contributed by atoms with E-state index in [9.17, 15) is 8.78 Å². The molecule has 0 radical (unpaired) electrons. The number of fused-ring (bicyclic) bond motifs is 1. The summed E-state index contributed by atoms with van der Waals surface area (Å²) in [7, 11) is 0. The van der Waals surface area contributed by atoms with Crippen molar-refractivity contribution in [2.45, 2.75) is 19.4 Å². The first-order valence-electron chi connectivity index (χ1n) is 10.9. The second-order valence-electron chi connectivity index (χ2n) is 8.56. The summed E-state index contributed by atoms with van der Waals surface area (Å²) in [6.45, 7) is 3.86. The van der Waals surface area contributed by atoms with Crippen molar-refractivity contribution in [3.8, 4) is 11.4 Å². The minimum Gasteiger partial charge on any atom is -0.368 e. The molecule has 33 heavy (non-hydrogen) atoms. The van der Waals surface area contributed by atoms with Crippen LogP contribution in [0.15, 0.2) is 61.1 Å². The largest absolute Gasteiger partial charge is 0.368 e. The van der Waals surface area contributed by atoms with E-state index in [1.165, 1.54) is 18.2 Å². The van der Waals surface area contributed by atoms with E-state index in [4.69, 9.17) is 5.73 Å². The zero-order chi connectivity index (χ0) is 22.9. The molecule has 1 aliphatic rings. The molecule has 5 rings (SSSR count). The number of nitrogens with zero attached hydrogens (tertiary/aromatic N) is 4. The average Bonchev–Trinajstić information content (AvgIpc) is 2.79. The van der Waals surface area contributed by atoms with Gasteiger partial charge in [0.1, 0.15) is 11.6 Å². The molecular formula is C25H24F2N6. The Hall–Kier alpha value is -3.65. The van der Waals surface area contributed by atoms with Crippen molar-refractivity contribution in [2.24, 2.45) is 11.7 Å². The molecule has 0 aliphatic carbocycles. The summed E-state index contributed by atoms with van der Waals surface area (Å²) in [6, 6.07) is 11.4. The SMILES string of the molecule is C[C@@H]1C[C@H](N)CN(c2ccncc2Nc2cccc3cnc(-c4c(F)cccc4F)nc23)C1. The Labute approximate surface area is 190 Å². The molecule has 2 atom stereocenters. The van der Waals surface area contributed by atoms with E-state index in [2.05, 4.69) is 32.1 Å². The number of anilines is 3. The van der Waals surface area contributed by atoms with Crippen molar-refractivity contribution in [3.05, 3.63) is 72.7 Å². The van der Waals surface area contributed by atoms with Crippen molar-refractivity contribution in [2.75, 3.05) is 23.3 Å². The number of rotatable bonds is 4. The van der Waals surface area contributed by atoms with Gasteiger partial charge in [-0.2, -0.15) is 0 Å². The highest BCUT2D eigenvalue weighted by Gasteiger charge is 2.24. The summed E-state index contributed by atoms with van der Waals surface area (Å²) < 4.78 is 28.7. The maximum atomic E-state index is 14.3. The van der Waals surface area contributed by atoms with E-state index < -0.39 is 11.6 Å². The third-order valence-electron chi connectivity index (χ3n) is 5.90. The summed E-state index contributed by atoms with van der Waals surface area (Å²) in [5.41, 5.74) is 9.08. The number of nitrogens with two attached hydrogens (primary N) is 1. The third kappa shape index (κ3) is 4.21. The van der Waals surface area contributed by atoms with Gasteiger partial charge in [-0.15, -0.1) is 0 Å². The molecule has 1 fully saturated rings. The summed E-state index contributed by atoms with van der Waals surface area (Å²) in [5, 5.41) is 4.18. The van der Waals surface area contributed by atoms with Gasteiger partial charge in [0, 0.05) is 36.9 Å². The molecule has 0 unspecified atom stereocenters. The Kier molecular flexibility index (Phi) is 5.60. The number of piperidine rings is 1. The summed E-state index contributed by atoms with van der Waals surface area (Å²) >= 11 is 0. The first kappa shape index (κ1) is 21.2. The topological polar surface area (TPSA) is 80.0 Å². The van der Waals surface area contributed by atoms with Gasteiger partial charge < -0.3 is 16.0 Å². The lowest BCUT2D eigenvalue weighted by Crippen LogP contribution is -2.46. The van der Waals surface area contributed by atoms with Crippen LogP contribution >= 0.6 is 0 Å². The van der Waals surface area contributed by atoms with Crippen molar-refractivity contribution in [3.63, 3.8) is 0 Å². The average molecular weight is 447 g/mol. The van der Waals surface area contributed by atoms with Crippen LogP contribution in [0.5, 0.6) is 0 Å². The molecular weight excluding hydrogens is 422 g/mol. The molecule has 6 nitrogen and oxygen atoms in total. The van der Waals surface area contributed by atoms with E-state index in [1.807, 2.05) is 24.3 Å². The lowest BCUT2D eigenvalue weighted by molar-refractivity contribution is 0.402. The van der Waals surface area contributed by atoms with Gasteiger partial charge in [0.05, 0.1) is 34.3 Å². The van der Waals surface area contributed by atoms with Crippen LogP contribution < -0.4 is 16.0 Å². The van der Waals surface area contributed by atoms with Crippen LogP contribution in [-0.2, 0) is 0 Å². The van der Waals surface area contributed by atoms with Crippen LogP contribution in [0, 0.1) is 17.6 Å². The number of benzene rings is 2. The van der Waals surface area contributed by atoms with Crippen LogP contribution in [0.1, 0.15) is 13.3 Å². The van der Waals surface area contributed by atoms with Gasteiger partial charge >= 0.3 is 0 Å². The number of hydrogen-bond donors (Lipinski definition) is 2. The fourth-order valence-corrected chi connectivity index (χ4v) is 4.49. The summed E-state index contributed by atoms with van der Waals surface area (Å²) in [5.74, 6) is -0.928. The van der Waals surface area contributed by atoms with E-state index in [1.54, 1.807) is 18.6 Å². The molecule has 3 heterocycles. The molecule has 1 saturated heterocycles. The molecule has 3 N–H and O–H groups in total. The Bertz CT molecular complexity index is 1280. The first-order chi connectivity index (χ1) is 16.0. The molecule has 2 aromatic heterocycles. The van der Waals surface area contributed by atoms with Crippen LogP contribution in [0.25, 0.3) is 22.3 Å². The Morgan fingerprint density at radius 1 is 1.00 bits per heavy atom. The van der Waals surface area contributed by atoms with Crippen LogP contribution in [0.3, 0.4) is 0 Å². The fourth-order valence-electron chi connectivity index (χ4n) is 4.49. The molecule has 8 heteroatoms. The molecule has 0 saturated carbocycles. The molecule has 0 spiro atoms. The highest BCUT2D eigenvalue weighted by molar-refractivity contribution is 5.93. The van der Waals surface area contributed by atoms with E-state index in [-0.39, 0.29) is 17.4 Å². The highest BCUT2D eigenvalue weighted by atomic mass is 19.1. The Morgan fingerprint density at radius 2 is 1.79 bits per heavy atom. The third-order valence-corrected chi connectivity index (χ3v) is 5.90. The molecule has 168 valence electrons. The number of pyridine rings is 1. The normalized spacial score (nSPS) is 18.5. The zero-order valence-electron chi connectivity index (χ0n) is 18.2. The second-order valence-corrected chi connectivity index (χ2v) is 8.56. The van der Waals surface area contributed by atoms with Crippen molar-refractivity contribution >= 4 is 28.0 Å². The maximum absolute atomic E-state index is 14.3. The minimum atomic E-state index is -0.704. The van der Waals surface area contributed by atoms with Crippen molar-refractivity contribution in [1.82, 2.24) is 15.0 Å². The van der Waals surface area contributed by atoms with E-state index >= 15 is 0 Å².